The number of hydrogen-bond donors (Lipinski definition) is 2. The number of rotatable bonds is 10. The van der Waals surface area contributed by atoms with Crippen LogP contribution in [-0.2, 0) is 9.59 Å². The molecule has 0 aromatic heterocycles. The number of ketones is 2. The molecule has 4 heteroatoms. The van der Waals surface area contributed by atoms with Crippen molar-refractivity contribution in [2.75, 3.05) is 13.1 Å². The Morgan fingerprint density at radius 2 is 1.00 bits per heavy atom. The van der Waals surface area contributed by atoms with Gasteiger partial charge in [0.1, 0.15) is 11.6 Å². The highest BCUT2D eigenvalue weighted by atomic mass is 16.1. The zero-order valence-electron chi connectivity index (χ0n) is 9.34. The van der Waals surface area contributed by atoms with E-state index in [1.165, 1.54) is 0 Å². The molecule has 15 heavy (non-hydrogen) atoms. The second kappa shape index (κ2) is 9.80. The van der Waals surface area contributed by atoms with E-state index < -0.39 is 0 Å². The molecule has 88 valence electrons. The third-order valence-electron chi connectivity index (χ3n) is 2.23. The Balaban J connectivity index is 3.36. The Hall–Kier alpha value is -0.740. The topological polar surface area (TPSA) is 86.2 Å². The molecule has 0 aliphatic heterocycles. The van der Waals surface area contributed by atoms with Crippen molar-refractivity contribution in [2.45, 2.75) is 44.9 Å². The predicted molar refractivity (Wildman–Crippen MR) is 60.4 cm³/mol. The van der Waals surface area contributed by atoms with Crippen molar-refractivity contribution in [3.8, 4) is 0 Å². The van der Waals surface area contributed by atoms with Crippen LogP contribution in [0.2, 0.25) is 0 Å². The van der Waals surface area contributed by atoms with Crippen LogP contribution in [0.1, 0.15) is 44.9 Å². The molecule has 0 aliphatic rings. The van der Waals surface area contributed by atoms with Gasteiger partial charge in [-0.2, -0.15) is 0 Å². The van der Waals surface area contributed by atoms with E-state index in [-0.39, 0.29) is 11.6 Å². The van der Waals surface area contributed by atoms with Crippen LogP contribution in [0.15, 0.2) is 0 Å². The van der Waals surface area contributed by atoms with Crippen LogP contribution in [0.3, 0.4) is 0 Å². The fourth-order valence-corrected chi connectivity index (χ4v) is 1.33. The third kappa shape index (κ3) is 9.56. The fourth-order valence-electron chi connectivity index (χ4n) is 1.33. The summed E-state index contributed by atoms with van der Waals surface area (Å²) in [5.74, 6) is 0.430. The summed E-state index contributed by atoms with van der Waals surface area (Å²) in [4.78, 5) is 22.4. The molecular weight excluding hydrogens is 192 g/mol. The van der Waals surface area contributed by atoms with Gasteiger partial charge in [-0.05, 0) is 32.4 Å². The zero-order chi connectivity index (χ0) is 11.5. The van der Waals surface area contributed by atoms with Gasteiger partial charge in [0.2, 0.25) is 0 Å². The molecule has 0 aromatic carbocycles. The fraction of sp³-hybridized carbons (Fsp3) is 0.818. The van der Waals surface area contributed by atoms with Crippen molar-refractivity contribution in [3.05, 3.63) is 0 Å². The highest BCUT2D eigenvalue weighted by Gasteiger charge is 2.04. The summed E-state index contributed by atoms with van der Waals surface area (Å²) in [6, 6.07) is 0. The summed E-state index contributed by atoms with van der Waals surface area (Å²) in [5.41, 5.74) is 10.6. The SMILES string of the molecule is NCCCC(=O)CCCC(=O)CCCN. The Kier molecular flexibility index (Phi) is 9.32. The number of carbonyl (C=O) groups excluding carboxylic acids is 2. The normalized spacial score (nSPS) is 10.3. The third-order valence-corrected chi connectivity index (χ3v) is 2.23. The van der Waals surface area contributed by atoms with Crippen molar-refractivity contribution in [1.82, 2.24) is 0 Å². The molecule has 0 saturated heterocycles. The van der Waals surface area contributed by atoms with Crippen molar-refractivity contribution in [3.63, 3.8) is 0 Å². The standard InChI is InChI=1S/C11H22N2O2/c12-8-2-6-10(14)4-1-5-11(15)7-3-9-13/h1-9,12-13H2. The average molecular weight is 214 g/mol. The summed E-state index contributed by atoms with van der Waals surface area (Å²) in [6.45, 7) is 1.11. The van der Waals surface area contributed by atoms with Gasteiger partial charge >= 0.3 is 0 Å². The highest BCUT2D eigenvalue weighted by molar-refractivity contribution is 5.81. The van der Waals surface area contributed by atoms with Crippen LogP contribution >= 0.6 is 0 Å². The lowest BCUT2D eigenvalue weighted by atomic mass is 10.1. The summed E-state index contributed by atoms with van der Waals surface area (Å²) in [5, 5.41) is 0. The van der Waals surface area contributed by atoms with Crippen LogP contribution in [0, 0.1) is 0 Å². The van der Waals surface area contributed by atoms with Gasteiger partial charge in [0, 0.05) is 25.7 Å². The molecule has 0 amide bonds. The maximum Gasteiger partial charge on any atom is 0.132 e. The first-order valence-corrected chi connectivity index (χ1v) is 5.64. The van der Waals surface area contributed by atoms with E-state index in [1.54, 1.807) is 0 Å². The first-order valence-electron chi connectivity index (χ1n) is 5.64. The van der Waals surface area contributed by atoms with E-state index in [0.717, 1.165) is 12.8 Å². The monoisotopic (exact) mass is 214 g/mol. The molecule has 0 bridgehead atoms. The molecule has 0 aliphatic carbocycles. The first-order chi connectivity index (χ1) is 7.20. The lowest BCUT2D eigenvalue weighted by Gasteiger charge is -2.00. The molecule has 4 nitrogen and oxygen atoms in total. The van der Waals surface area contributed by atoms with Gasteiger partial charge in [-0.25, -0.2) is 0 Å². The van der Waals surface area contributed by atoms with E-state index in [1.807, 2.05) is 0 Å². The molecule has 0 fully saturated rings. The van der Waals surface area contributed by atoms with Crippen LogP contribution in [0.5, 0.6) is 0 Å². The van der Waals surface area contributed by atoms with E-state index in [9.17, 15) is 9.59 Å². The minimum Gasteiger partial charge on any atom is -0.330 e. The van der Waals surface area contributed by atoms with Crippen LogP contribution in [0.4, 0.5) is 0 Å². The smallest absolute Gasteiger partial charge is 0.132 e. The quantitative estimate of drug-likeness (QED) is 0.562. The second-order valence-electron chi connectivity index (χ2n) is 3.72. The molecule has 0 rings (SSSR count). The van der Waals surface area contributed by atoms with Gasteiger partial charge in [-0.3, -0.25) is 9.59 Å². The molecule has 0 atom stereocenters. The van der Waals surface area contributed by atoms with Crippen molar-refractivity contribution in [2.24, 2.45) is 11.5 Å². The Labute approximate surface area is 91.4 Å². The number of Topliss-reactive ketones (excluding diaryl/α,β-unsaturated/α-hetero) is 2. The maximum absolute atomic E-state index is 11.2. The molecular formula is C11H22N2O2. The Morgan fingerprint density at radius 1 is 0.667 bits per heavy atom. The van der Waals surface area contributed by atoms with Gasteiger partial charge in [0.05, 0.1) is 0 Å². The van der Waals surface area contributed by atoms with E-state index in [0.29, 0.717) is 45.2 Å². The van der Waals surface area contributed by atoms with E-state index in [2.05, 4.69) is 0 Å². The second-order valence-corrected chi connectivity index (χ2v) is 3.72. The summed E-state index contributed by atoms with van der Waals surface area (Å²) in [7, 11) is 0. The van der Waals surface area contributed by atoms with E-state index >= 15 is 0 Å². The zero-order valence-corrected chi connectivity index (χ0v) is 9.34. The van der Waals surface area contributed by atoms with Crippen molar-refractivity contribution < 1.29 is 9.59 Å². The first kappa shape index (κ1) is 14.3. The van der Waals surface area contributed by atoms with Crippen LogP contribution in [-0.4, -0.2) is 24.7 Å². The minimum absolute atomic E-state index is 0.215. The van der Waals surface area contributed by atoms with Gasteiger partial charge in [-0.1, -0.05) is 0 Å². The van der Waals surface area contributed by atoms with Gasteiger partial charge in [0.25, 0.3) is 0 Å². The molecule has 0 spiro atoms. The molecule has 0 saturated carbocycles. The highest BCUT2D eigenvalue weighted by Crippen LogP contribution is 2.04. The average Bonchev–Trinajstić information content (AvgIpc) is 2.23. The van der Waals surface area contributed by atoms with Crippen LogP contribution in [0.25, 0.3) is 0 Å². The number of hydrogen-bond acceptors (Lipinski definition) is 4. The molecule has 0 unspecified atom stereocenters. The summed E-state index contributed by atoms with van der Waals surface area (Å²) in [6.07, 6.45) is 4.29. The van der Waals surface area contributed by atoms with Crippen molar-refractivity contribution >= 4 is 11.6 Å². The van der Waals surface area contributed by atoms with Gasteiger partial charge < -0.3 is 11.5 Å². The number of carbonyl (C=O) groups is 2. The van der Waals surface area contributed by atoms with Gasteiger partial charge in [0.15, 0.2) is 0 Å². The summed E-state index contributed by atoms with van der Waals surface area (Å²) >= 11 is 0. The predicted octanol–water partition coefficient (Wildman–Crippen LogP) is 0.773. The molecule has 4 N–H and O–H groups in total. The number of nitrogens with two attached hydrogens (primary N) is 2. The Bertz CT molecular complexity index is 173. The van der Waals surface area contributed by atoms with Crippen LogP contribution < -0.4 is 11.5 Å². The lowest BCUT2D eigenvalue weighted by molar-refractivity contribution is -0.120. The summed E-state index contributed by atoms with van der Waals surface area (Å²) < 4.78 is 0. The maximum atomic E-state index is 11.2. The van der Waals surface area contributed by atoms with E-state index in [4.69, 9.17) is 11.5 Å². The minimum atomic E-state index is 0.215. The molecule has 0 aromatic rings. The van der Waals surface area contributed by atoms with Gasteiger partial charge in [-0.15, -0.1) is 0 Å². The molecule has 0 heterocycles. The Morgan fingerprint density at radius 3 is 1.33 bits per heavy atom. The molecule has 0 radical (unpaired) electrons. The van der Waals surface area contributed by atoms with Crippen molar-refractivity contribution in [1.29, 1.82) is 0 Å². The lowest BCUT2D eigenvalue weighted by Crippen LogP contribution is -2.07. The largest absolute Gasteiger partial charge is 0.330 e.